The number of rotatable bonds is 3. The van der Waals surface area contributed by atoms with Crippen molar-refractivity contribution in [1.29, 1.82) is 0 Å². The first-order valence-electron chi connectivity index (χ1n) is 4.99. The Morgan fingerprint density at radius 2 is 1.28 bits per heavy atom. The van der Waals surface area contributed by atoms with Gasteiger partial charge in [0, 0.05) is 0 Å². The van der Waals surface area contributed by atoms with Gasteiger partial charge in [0.2, 0.25) is 5.82 Å². The number of aldehydes is 1. The lowest BCUT2D eigenvalue weighted by Crippen LogP contribution is -2.05. The summed E-state index contributed by atoms with van der Waals surface area (Å²) in [6, 6.07) is 0. The summed E-state index contributed by atoms with van der Waals surface area (Å²) in [7, 11) is 0. The van der Waals surface area contributed by atoms with Crippen molar-refractivity contribution < 1.29 is 26.7 Å². The van der Waals surface area contributed by atoms with E-state index in [1.165, 1.54) is 0 Å². The standard InChI is InChI=1S/C12H9F5O/c1-5(2)6(4-18)3-7-8(13)10(15)12(17)11(16)9(7)14/h3-5H,1-2H3. The third-order valence-electron chi connectivity index (χ3n) is 2.36. The Labute approximate surface area is 99.9 Å². The Kier molecular flexibility index (Phi) is 4.21. The number of hydrogen-bond donors (Lipinski definition) is 0. The first-order valence-corrected chi connectivity index (χ1v) is 4.99. The molecule has 18 heavy (non-hydrogen) atoms. The first-order chi connectivity index (χ1) is 8.31. The molecular weight excluding hydrogens is 255 g/mol. The van der Waals surface area contributed by atoms with Crippen molar-refractivity contribution in [3.63, 3.8) is 0 Å². The molecule has 0 atom stereocenters. The van der Waals surface area contributed by atoms with Crippen molar-refractivity contribution in [1.82, 2.24) is 0 Å². The summed E-state index contributed by atoms with van der Waals surface area (Å²) >= 11 is 0. The number of allylic oxidation sites excluding steroid dienone is 1. The third-order valence-corrected chi connectivity index (χ3v) is 2.36. The van der Waals surface area contributed by atoms with Crippen LogP contribution in [0.5, 0.6) is 0 Å². The molecule has 1 aromatic rings. The van der Waals surface area contributed by atoms with E-state index in [4.69, 9.17) is 0 Å². The van der Waals surface area contributed by atoms with E-state index in [9.17, 15) is 26.7 Å². The van der Waals surface area contributed by atoms with Gasteiger partial charge in [-0.25, -0.2) is 22.0 Å². The van der Waals surface area contributed by atoms with Crippen LogP contribution in [0.4, 0.5) is 22.0 Å². The van der Waals surface area contributed by atoms with Crippen LogP contribution in [0.2, 0.25) is 0 Å². The van der Waals surface area contributed by atoms with E-state index >= 15 is 0 Å². The lowest BCUT2D eigenvalue weighted by molar-refractivity contribution is -0.105. The third kappa shape index (κ3) is 2.42. The normalized spacial score (nSPS) is 12.1. The van der Waals surface area contributed by atoms with Crippen molar-refractivity contribution in [2.45, 2.75) is 13.8 Å². The number of halogens is 5. The van der Waals surface area contributed by atoms with Crippen LogP contribution in [-0.2, 0) is 4.79 Å². The van der Waals surface area contributed by atoms with Gasteiger partial charge in [0.1, 0.15) is 6.29 Å². The molecule has 0 amide bonds. The predicted molar refractivity (Wildman–Crippen MR) is 55.1 cm³/mol. The molecule has 1 nitrogen and oxygen atoms in total. The fraction of sp³-hybridized carbons (Fsp3) is 0.250. The largest absolute Gasteiger partial charge is 0.298 e. The minimum Gasteiger partial charge on any atom is -0.298 e. The lowest BCUT2D eigenvalue weighted by Gasteiger charge is -2.07. The quantitative estimate of drug-likeness (QED) is 0.268. The molecule has 0 spiro atoms. The van der Waals surface area contributed by atoms with Gasteiger partial charge in [0.05, 0.1) is 5.56 Å². The smallest absolute Gasteiger partial charge is 0.200 e. The molecule has 0 radical (unpaired) electrons. The minimum atomic E-state index is -2.22. The number of carbonyl (C=O) groups excluding carboxylic acids is 1. The number of carbonyl (C=O) groups is 1. The van der Waals surface area contributed by atoms with E-state index in [0.717, 1.165) is 0 Å². The van der Waals surface area contributed by atoms with Gasteiger partial charge < -0.3 is 0 Å². The predicted octanol–water partition coefficient (Wildman–Crippen LogP) is 3.62. The zero-order valence-electron chi connectivity index (χ0n) is 9.53. The maximum absolute atomic E-state index is 13.3. The van der Waals surface area contributed by atoms with Crippen molar-refractivity contribution in [2.75, 3.05) is 0 Å². The molecule has 98 valence electrons. The van der Waals surface area contributed by atoms with E-state index in [2.05, 4.69) is 0 Å². The summed E-state index contributed by atoms with van der Waals surface area (Å²) in [5.74, 6) is -10.6. The summed E-state index contributed by atoms with van der Waals surface area (Å²) in [5.41, 5.74) is -1.18. The van der Waals surface area contributed by atoms with Crippen LogP contribution in [0.3, 0.4) is 0 Å². The Bertz CT molecular complexity index is 491. The summed E-state index contributed by atoms with van der Waals surface area (Å²) in [5, 5.41) is 0. The summed E-state index contributed by atoms with van der Waals surface area (Å²) in [4.78, 5) is 10.6. The van der Waals surface area contributed by atoms with Gasteiger partial charge in [-0.1, -0.05) is 13.8 Å². The van der Waals surface area contributed by atoms with Crippen molar-refractivity contribution >= 4 is 12.4 Å². The highest BCUT2D eigenvalue weighted by molar-refractivity contribution is 5.82. The van der Waals surface area contributed by atoms with Gasteiger partial charge in [-0.3, -0.25) is 4.79 Å². The number of hydrogen-bond acceptors (Lipinski definition) is 1. The number of benzene rings is 1. The molecule has 1 rings (SSSR count). The van der Waals surface area contributed by atoms with Gasteiger partial charge in [0.15, 0.2) is 23.3 Å². The van der Waals surface area contributed by atoms with Crippen LogP contribution in [0.1, 0.15) is 19.4 Å². The zero-order chi connectivity index (χ0) is 14.0. The van der Waals surface area contributed by atoms with Crippen molar-refractivity contribution in [3.8, 4) is 0 Å². The zero-order valence-corrected chi connectivity index (χ0v) is 9.53. The van der Waals surface area contributed by atoms with E-state index < -0.39 is 40.6 Å². The van der Waals surface area contributed by atoms with Crippen LogP contribution in [0.25, 0.3) is 6.08 Å². The fourth-order valence-electron chi connectivity index (χ4n) is 1.25. The molecule has 0 aliphatic carbocycles. The highest BCUT2D eigenvalue weighted by atomic mass is 19.2. The van der Waals surface area contributed by atoms with Crippen molar-refractivity contribution in [2.24, 2.45) is 5.92 Å². The van der Waals surface area contributed by atoms with Crippen LogP contribution < -0.4 is 0 Å². The van der Waals surface area contributed by atoms with Crippen LogP contribution in [0.15, 0.2) is 5.57 Å². The SMILES string of the molecule is CC(C)C(C=O)=Cc1c(F)c(F)c(F)c(F)c1F. The molecule has 0 saturated carbocycles. The second-order valence-corrected chi connectivity index (χ2v) is 3.90. The highest BCUT2D eigenvalue weighted by Gasteiger charge is 2.24. The molecule has 0 fully saturated rings. The topological polar surface area (TPSA) is 17.1 Å². The van der Waals surface area contributed by atoms with Gasteiger partial charge in [-0.15, -0.1) is 0 Å². The summed E-state index contributed by atoms with van der Waals surface area (Å²) in [6.45, 7) is 3.10. The molecule has 1 aromatic carbocycles. The van der Waals surface area contributed by atoms with Crippen molar-refractivity contribution in [3.05, 3.63) is 40.2 Å². The van der Waals surface area contributed by atoms with E-state index in [1.54, 1.807) is 13.8 Å². The molecule has 0 aliphatic rings. The van der Waals surface area contributed by atoms with Gasteiger partial charge in [-0.2, -0.15) is 0 Å². The molecule has 0 aliphatic heterocycles. The average molecular weight is 264 g/mol. The van der Waals surface area contributed by atoms with E-state index in [0.29, 0.717) is 12.4 Å². The molecule has 6 heteroatoms. The monoisotopic (exact) mass is 264 g/mol. The summed E-state index contributed by atoms with van der Waals surface area (Å²) < 4.78 is 65.1. The molecule has 0 unspecified atom stereocenters. The van der Waals surface area contributed by atoms with Crippen LogP contribution >= 0.6 is 0 Å². The molecule has 0 aromatic heterocycles. The second-order valence-electron chi connectivity index (χ2n) is 3.90. The Morgan fingerprint density at radius 3 is 1.61 bits per heavy atom. The maximum Gasteiger partial charge on any atom is 0.200 e. The molecular formula is C12H9F5O. The Morgan fingerprint density at radius 1 is 0.889 bits per heavy atom. The molecule has 0 bridgehead atoms. The van der Waals surface area contributed by atoms with Gasteiger partial charge >= 0.3 is 0 Å². The lowest BCUT2D eigenvalue weighted by atomic mass is 10.0. The van der Waals surface area contributed by atoms with Gasteiger partial charge in [-0.05, 0) is 17.6 Å². The van der Waals surface area contributed by atoms with E-state index in [-0.39, 0.29) is 5.57 Å². The minimum absolute atomic E-state index is 0.0711. The maximum atomic E-state index is 13.3. The molecule has 0 saturated heterocycles. The average Bonchev–Trinajstić information content (AvgIpc) is 2.34. The van der Waals surface area contributed by atoms with Crippen LogP contribution in [0, 0.1) is 35.0 Å². The highest BCUT2D eigenvalue weighted by Crippen LogP contribution is 2.25. The Balaban J connectivity index is 3.56. The summed E-state index contributed by atoms with van der Waals surface area (Å²) in [6.07, 6.45) is 0.969. The van der Waals surface area contributed by atoms with Gasteiger partial charge in [0.25, 0.3) is 0 Å². The second kappa shape index (κ2) is 5.29. The Hall–Kier alpha value is -1.72. The van der Waals surface area contributed by atoms with Crippen LogP contribution in [-0.4, -0.2) is 6.29 Å². The first kappa shape index (κ1) is 14.3. The molecule has 0 N–H and O–H groups in total. The molecule has 0 heterocycles. The van der Waals surface area contributed by atoms with E-state index in [1.807, 2.05) is 0 Å². The fourth-order valence-corrected chi connectivity index (χ4v) is 1.25.